The Balaban J connectivity index is 4.94. The van der Waals surface area contributed by atoms with Gasteiger partial charge in [-0.3, -0.25) is 0 Å². The second kappa shape index (κ2) is 38.1. The Labute approximate surface area is 449 Å². The van der Waals surface area contributed by atoms with Crippen molar-refractivity contribution < 1.29 is 86.9 Å². The molecule has 0 radical (unpaired) electrons. The number of esters is 6. The number of carboxylic acid groups (broad SMARTS) is 3. The van der Waals surface area contributed by atoms with Gasteiger partial charge in [-0.05, 0) is 38.5 Å². The lowest BCUT2D eigenvalue weighted by atomic mass is 9.93. The fourth-order valence-corrected chi connectivity index (χ4v) is 8.02. The molecule has 78 heavy (non-hydrogen) atoms. The molecule has 432 valence electrons. The summed E-state index contributed by atoms with van der Waals surface area (Å²) in [5.74, 6) is -9.82. The molecule has 0 spiro atoms. The van der Waals surface area contributed by atoms with E-state index in [0.717, 1.165) is 36.5 Å². The number of nitrogens with zero attached hydrogens (tertiary/aromatic N) is 3. The van der Waals surface area contributed by atoms with E-state index in [4.69, 9.17) is 28.4 Å². The van der Waals surface area contributed by atoms with Gasteiger partial charge in [0.1, 0.15) is 0 Å². The fraction of sp³-hybridized carbons (Fsp3) is 0.529. The zero-order valence-electron chi connectivity index (χ0n) is 43.6. The van der Waals surface area contributed by atoms with E-state index in [1.54, 1.807) is 0 Å². The summed E-state index contributed by atoms with van der Waals surface area (Å²) in [7, 11) is 0. The monoisotopic (exact) mass is 1100 g/mol. The van der Waals surface area contributed by atoms with Crippen molar-refractivity contribution in [2.45, 2.75) is 95.2 Å². The summed E-state index contributed by atoms with van der Waals surface area (Å²) >= 11 is 0. The fourth-order valence-electron chi connectivity index (χ4n) is 8.02. The van der Waals surface area contributed by atoms with Crippen LogP contribution in [0.1, 0.15) is 95.2 Å². The molecule has 6 N–H and O–H groups in total. The average molecular weight is 1110 g/mol. The molecule has 3 unspecified atom stereocenters. The van der Waals surface area contributed by atoms with Crippen LogP contribution >= 0.6 is 0 Å². The highest BCUT2D eigenvalue weighted by molar-refractivity contribution is 5.83. The maximum atomic E-state index is 15.8. The second-order valence-corrected chi connectivity index (χ2v) is 17.2. The summed E-state index contributed by atoms with van der Waals surface area (Å²) in [5.41, 5.74) is -4.02. The number of carbonyl (C=O) groups is 9. The predicted molar refractivity (Wildman–Crippen MR) is 277 cm³/mol. The van der Waals surface area contributed by atoms with Crippen LogP contribution in [0.3, 0.4) is 0 Å². The quantitative estimate of drug-likeness (QED) is 0.0236. The molecular weight excluding hydrogens is 1030 g/mol. The topological polar surface area (TPSA) is 372 Å². The number of ether oxygens (including phenoxy) is 6. The second-order valence-electron chi connectivity index (χ2n) is 17.2. The van der Waals surface area contributed by atoms with Gasteiger partial charge in [-0.1, -0.05) is 78.0 Å². The van der Waals surface area contributed by atoms with Gasteiger partial charge in [-0.2, -0.15) is 0 Å². The third kappa shape index (κ3) is 25.3. The van der Waals surface area contributed by atoms with Gasteiger partial charge >= 0.3 is 71.2 Å². The van der Waals surface area contributed by atoms with E-state index in [0.29, 0.717) is 13.7 Å². The molecule has 1 rings (SSSR count). The van der Waals surface area contributed by atoms with Crippen LogP contribution in [0.15, 0.2) is 90.3 Å². The molecule has 0 saturated carbocycles. The van der Waals surface area contributed by atoms with Crippen molar-refractivity contribution in [3.63, 3.8) is 0 Å². The molecule has 1 aromatic heterocycles. The van der Waals surface area contributed by atoms with E-state index >= 15 is 14.4 Å². The van der Waals surface area contributed by atoms with Gasteiger partial charge in [-0.15, -0.1) is 0 Å². The summed E-state index contributed by atoms with van der Waals surface area (Å²) in [6, 6.07) is -4.53. The lowest BCUT2D eigenvalue weighted by molar-refractivity contribution is -0.145. The van der Waals surface area contributed by atoms with Crippen molar-refractivity contribution in [2.75, 3.05) is 59.3 Å². The van der Waals surface area contributed by atoms with Gasteiger partial charge < -0.3 is 59.7 Å². The lowest BCUT2D eigenvalue weighted by Gasteiger charge is -2.34. The summed E-state index contributed by atoms with van der Waals surface area (Å²) in [6.45, 7) is 16.4. The summed E-state index contributed by atoms with van der Waals surface area (Å²) in [4.78, 5) is 157. The van der Waals surface area contributed by atoms with Gasteiger partial charge in [0.2, 0.25) is 0 Å². The molecule has 3 atom stereocenters. The Hall–Kier alpha value is -8.52. The van der Waals surface area contributed by atoms with E-state index in [1.807, 2.05) is 0 Å². The summed E-state index contributed by atoms with van der Waals surface area (Å²) in [5, 5.41) is 34.2. The van der Waals surface area contributed by atoms with E-state index in [2.05, 4.69) is 55.4 Å². The Bertz CT molecular complexity index is 2080. The molecule has 27 heteroatoms. The van der Waals surface area contributed by atoms with Crippen molar-refractivity contribution >= 4 is 54.1 Å². The van der Waals surface area contributed by atoms with Crippen molar-refractivity contribution in [1.29, 1.82) is 0 Å². The van der Waals surface area contributed by atoms with Crippen LogP contribution in [0.4, 0.5) is 14.4 Å². The van der Waals surface area contributed by atoms with Crippen LogP contribution in [0.2, 0.25) is 0 Å². The standard InChI is InChI=1S/C51H72N6O21/c1-7-40(58)73-28-34(29-74-41(59)8-2)37(22-16-13-19-25-52-46(64)65)55-49(70)56(38(23-17-14-20-26-53-47(66)67)35(30-75-42(60)9-3)31-76-43(61)10-4)51(72)57(50(55)71)39(24-18-15-21-27-54-48(68)69)36(32-77-44(62)11-5)33-78-45(63)12-6/h7-12,34-39,52-54H,1-6,13-33H2,(H,64,65)(H,66,67)(H,68,69). The van der Waals surface area contributed by atoms with Crippen LogP contribution in [-0.4, -0.2) is 142 Å². The average Bonchev–Trinajstić information content (AvgIpc) is 3.42. The normalized spacial score (nSPS) is 11.9. The minimum Gasteiger partial charge on any atom is -0.465 e. The van der Waals surface area contributed by atoms with Crippen molar-refractivity contribution in [2.24, 2.45) is 17.8 Å². The molecule has 0 aliphatic carbocycles. The van der Waals surface area contributed by atoms with Crippen molar-refractivity contribution in [3.8, 4) is 0 Å². The predicted octanol–water partition coefficient (Wildman–Crippen LogP) is 3.50. The molecule has 1 aromatic rings. The highest BCUT2D eigenvalue weighted by Gasteiger charge is 2.38. The summed E-state index contributed by atoms with van der Waals surface area (Å²) in [6.07, 6.45) is 2.05. The highest BCUT2D eigenvalue weighted by Crippen LogP contribution is 2.30. The Morgan fingerprint density at radius 3 is 0.718 bits per heavy atom. The highest BCUT2D eigenvalue weighted by atomic mass is 16.6. The van der Waals surface area contributed by atoms with Gasteiger partial charge in [0.05, 0.1) is 57.8 Å². The van der Waals surface area contributed by atoms with Crippen LogP contribution in [0, 0.1) is 17.8 Å². The molecule has 0 bridgehead atoms. The third-order valence-electron chi connectivity index (χ3n) is 11.9. The zero-order valence-corrected chi connectivity index (χ0v) is 43.6. The Morgan fingerprint density at radius 1 is 0.359 bits per heavy atom. The number of aromatic nitrogens is 3. The summed E-state index contributed by atoms with van der Waals surface area (Å²) < 4.78 is 34.6. The first-order valence-electron chi connectivity index (χ1n) is 24.9. The van der Waals surface area contributed by atoms with Crippen LogP contribution in [0.5, 0.6) is 0 Å². The van der Waals surface area contributed by atoms with Gasteiger partial charge in [0.25, 0.3) is 0 Å². The van der Waals surface area contributed by atoms with Crippen LogP contribution in [0.25, 0.3) is 0 Å². The van der Waals surface area contributed by atoms with Gasteiger partial charge in [0.15, 0.2) is 0 Å². The number of hydrogen-bond acceptors (Lipinski definition) is 18. The molecule has 0 saturated heterocycles. The van der Waals surface area contributed by atoms with Gasteiger partial charge in [-0.25, -0.2) is 71.2 Å². The molecule has 0 fully saturated rings. The largest absolute Gasteiger partial charge is 0.465 e. The lowest BCUT2D eigenvalue weighted by Crippen LogP contribution is -2.60. The number of amides is 3. The van der Waals surface area contributed by atoms with Gasteiger partial charge in [0, 0.05) is 73.8 Å². The Kier molecular flexibility index (Phi) is 33.0. The van der Waals surface area contributed by atoms with Crippen molar-refractivity contribution in [3.05, 3.63) is 107 Å². The molecular formula is C51H72N6O21. The van der Waals surface area contributed by atoms with E-state index in [9.17, 15) is 58.5 Å². The SMILES string of the molecule is C=CC(=O)OCC(COC(=O)C=C)C(CCCCCNC(=O)O)n1c(=O)n(C(CCCCCNC(=O)O)C(COC(=O)C=C)COC(=O)C=C)c(=O)n(C(CCCCCNC(=O)O)C(COC(=O)C=C)COC(=O)C=C)c1=O. The molecule has 3 amide bonds. The molecule has 0 aliphatic heterocycles. The van der Waals surface area contributed by atoms with E-state index < -0.39 is 147 Å². The van der Waals surface area contributed by atoms with E-state index in [1.165, 1.54) is 0 Å². The zero-order chi connectivity index (χ0) is 58.6. The van der Waals surface area contributed by atoms with Crippen LogP contribution in [-0.2, 0) is 57.2 Å². The minimum absolute atomic E-state index is 0.0143. The maximum absolute atomic E-state index is 15.8. The molecule has 1 heterocycles. The maximum Gasteiger partial charge on any atom is 0.404 e. The number of hydrogen-bond donors (Lipinski definition) is 6. The third-order valence-corrected chi connectivity index (χ3v) is 11.9. The molecule has 0 aromatic carbocycles. The number of nitrogens with one attached hydrogen (secondary N) is 3. The number of unbranched alkanes of at least 4 members (excludes halogenated alkanes) is 6. The number of carbonyl (C=O) groups excluding carboxylic acids is 6. The molecule has 27 nitrogen and oxygen atoms in total. The first-order chi connectivity index (χ1) is 37.2. The number of rotatable bonds is 42. The minimum atomic E-state index is -1.51. The van der Waals surface area contributed by atoms with E-state index in [-0.39, 0.29) is 96.7 Å². The first kappa shape index (κ1) is 67.5. The Morgan fingerprint density at radius 2 is 0.551 bits per heavy atom. The molecule has 0 aliphatic rings. The van der Waals surface area contributed by atoms with Crippen molar-refractivity contribution in [1.82, 2.24) is 29.7 Å². The smallest absolute Gasteiger partial charge is 0.404 e. The first-order valence-corrected chi connectivity index (χ1v) is 24.9. The van der Waals surface area contributed by atoms with Crippen LogP contribution < -0.4 is 33.0 Å².